The molecule has 34 heavy (non-hydrogen) atoms. The van der Waals surface area contributed by atoms with Crippen LogP contribution in [0.25, 0.3) is 10.9 Å². The second kappa shape index (κ2) is 10.1. The van der Waals surface area contributed by atoms with Gasteiger partial charge in [0.2, 0.25) is 5.88 Å². The molecule has 4 aromatic rings. The highest BCUT2D eigenvalue weighted by Gasteiger charge is 2.16. The molecular formula is C25H19Cl2N3O4. The molecule has 4 rings (SSSR count). The molecule has 0 spiro atoms. The molecule has 9 heteroatoms. The van der Waals surface area contributed by atoms with Crippen LogP contribution in [0.3, 0.4) is 0 Å². The molecule has 1 amide bonds. The molecule has 0 saturated heterocycles. The van der Waals surface area contributed by atoms with Crippen molar-refractivity contribution in [2.75, 3.05) is 12.4 Å². The number of carbonyl (C=O) groups is 2. The number of fused-ring (bicyclic) bond motifs is 1. The third-order valence-corrected chi connectivity index (χ3v) is 5.79. The minimum atomic E-state index is -0.663. The van der Waals surface area contributed by atoms with Gasteiger partial charge in [0.1, 0.15) is 5.56 Å². The van der Waals surface area contributed by atoms with Gasteiger partial charge in [0.15, 0.2) is 5.78 Å². The van der Waals surface area contributed by atoms with E-state index in [1.807, 2.05) is 18.2 Å². The highest BCUT2D eigenvalue weighted by Crippen LogP contribution is 2.25. The fraction of sp³-hybridized carbons (Fsp3) is 0.120. The quantitative estimate of drug-likeness (QED) is 0.338. The van der Waals surface area contributed by atoms with Crippen molar-refractivity contribution in [2.45, 2.75) is 12.8 Å². The molecule has 0 aliphatic carbocycles. The van der Waals surface area contributed by atoms with E-state index < -0.39 is 11.5 Å². The number of H-pyrrole nitrogens is 1. The van der Waals surface area contributed by atoms with E-state index in [1.54, 1.807) is 18.2 Å². The Balaban J connectivity index is 1.53. The van der Waals surface area contributed by atoms with Crippen molar-refractivity contribution >= 4 is 51.5 Å². The van der Waals surface area contributed by atoms with Gasteiger partial charge in [0.25, 0.3) is 11.5 Å². The van der Waals surface area contributed by atoms with Crippen LogP contribution < -0.4 is 15.6 Å². The van der Waals surface area contributed by atoms with Gasteiger partial charge in [-0.25, -0.2) is 4.98 Å². The van der Waals surface area contributed by atoms with Crippen molar-refractivity contribution < 1.29 is 14.3 Å². The average molecular weight is 496 g/mol. The minimum Gasteiger partial charge on any atom is -0.481 e. The van der Waals surface area contributed by atoms with Crippen LogP contribution >= 0.6 is 23.2 Å². The maximum atomic E-state index is 12.8. The number of hydrogen-bond donors (Lipinski definition) is 2. The lowest BCUT2D eigenvalue weighted by atomic mass is 10.0. The van der Waals surface area contributed by atoms with Gasteiger partial charge in [-0.15, -0.1) is 0 Å². The summed E-state index contributed by atoms with van der Waals surface area (Å²) in [4.78, 5) is 44.8. The first-order chi connectivity index (χ1) is 16.3. The molecule has 0 aliphatic heterocycles. The molecule has 0 fully saturated rings. The number of nitrogens with one attached hydrogen (secondary N) is 2. The van der Waals surface area contributed by atoms with Gasteiger partial charge >= 0.3 is 0 Å². The Morgan fingerprint density at radius 3 is 2.68 bits per heavy atom. The number of aromatic nitrogens is 2. The van der Waals surface area contributed by atoms with Crippen molar-refractivity contribution in [3.05, 3.63) is 97.9 Å². The molecule has 2 N–H and O–H groups in total. The zero-order chi connectivity index (χ0) is 24.2. The molecule has 7 nitrogen and oxygen atoms in total. The maximum absolute atomic E-state index is 12.8. The summed E-state index contributed by atoms with van der Waals surface area (Å²) in [6.07, 6.45) is 2.28. The Kier molecular flexibility index (Phi) is 6.95. The van der Waals surface area contributed by atoms with Crippen molar-refractivity contribution in [2.24, 2.45) is 0 Å². The highest BCUT2D eigenvalue weighted by atomic mass is 35.5. The average Bonchev–Trinajstić information content (AvgIpc) is 2.83. The molecule has 0 unspecified atom stereocenters. The molecule has 2 heterocycles. The van der Waals surface area contributed by atoms with Crippen LogP contribution in [0.5, 0.6) is 5.88 Å². The first-order valence-electron chi connectivity index (χ1n) is 10.3. The smallest absolute Gasteiger partial charge is 0.261 e. The first-order valence-corrected chi connectivity index (χ1v) is 11.1. The molecule has 0 atom stereocenters. The molecule has 0 radical (unpaired) electrons. The number of rotatable bonds is 7. The predicted octanol–water partition coefficient (Wildman–Crippen LogP) is 5.31. The summed E-state index contributed by atoms with van der Waals surface area (Å²) in [5.74, 6) is -0.441. The number of amides is 1. The number of ether oxygens (including phenoxy) is 1. The monoisotopic (exact) mass is 495 g/mol. The van der Waals surface area contributed by atoms with Crippen LogP contribution in [0.4, 0.5) is 5.69 Å². The summed E-state index contributed by atoms with van der Waals surface area (Å²) in [6, 6.07) is 15.0. The van der Waals surface area contributed by atoms with Gasteiger partial charge < -0.3 is 15.0 Å². The van der Waals surface area contributed by atoms with Crippen molar-refractivity contribution in [3.8, 4) is 5.88 Å². The Hall–Kier alpha value is -3.68. The van der Waals surface area contributed by atoms with Gasteiger partial charge in [-0.05, 0) is 48.4 Å². The van der Waals surface area contributed by atoms with E-state index in [9.17, 15) is 14.4 Å². The van der Waals surface area contributed by atoms with Gasteiger partial charge in [0.05, 0.1) is 23.3 Å². The molecule has 2 aromatic carbocycles. The molecule has 172 valence electrons. The van der Waals surface area contributed by atoms with E-state index in [1.165, 1.54) is 31.5 Å². The summed E-state index contributed by atoms with van der Waals surface area (Å²) in [7, 11) is 1.47. The lowest BCUT2D eigenvalue weighted by Gasteiger charge is -2.10. The number of ketones is 1. The van der Waals surface area contributed by atoms with Crippen LogP contribution in [0, 0.1) is 0 Å². The number of nitrogens with zero attached hydrogens (tertiary/aromatic N) is 1. The van der Waals surface area contributed by atoms with Crippen LogP contribution in [-0.4, -0.2) is 28.8 Å². The largest absolute Gasteiger partial charge is 0.481 e. The lowest BCUT2D eigenvalue weighted by molar-refractivity contribution is 0.0980. The number of benzene rings is 2. The van der Waals surface area contributed by atoms with E-state index in [0.29, 0.717) is 33.8 Å². The Morgan fingerprint density at radius 1 is 1.09 bits per heavy atom. The lowest BCUT2D eigenvalue weighted by Crippen LogP contribution is -2.23. The van der Waals surface area contributed by atoms with Gasteiger partial charge in [0, 0.05) is 34.7 Å². The fourth-order valence-corrected chi connectivity index (χ4v) is 3.82. The van der Waals surface area contributed by atoms with Crippen molar-refractivity contribution in [1.29, 1.82) is 0 Å². The van der Waals surface area contributed by atoms with E-state index in [0.717, 1.165) is 5.56 Å². The van der Waals surface area contributed by atoms with Gasteiger partial charge in [-0.2, -0.15) is 0 Å². The number of carbonyl (C=O) groups excluding carboxylic acids is 2. The second-order valence-electron chi connectivity index (χ2n) is 7.53. The van der Waals surface area contributed by atoms with Crippen LogP contribution in [-0.2, 0) is 6.42 Å². The van der Waals surface area contributed by atoms with Crippen LogP contribution in [0.2, 0.25) is 10.0 Å². The zero-order valence-corrected chi connectivity index (χ0v) is 19.5. The molecule has 0 saturated carbocycles. The minimum absolute atomic E-state index is 0.115. The number of aryl methyl sites for hydroxylation is 1. The van der Waals surface area contributed by atoms with E-state index in [4.69, 9.17) is 27.9 Å². The number of aromatic amines is 1. The predicted molar refractivity (Wildman–Crippen MR) is 132 cm³/mol. The second-order valence-corrected chi connectivity index (χ2v) is 8.37. The summed E-state index contributed by atoms with van der Waals surface area (Å²) in [5.41, 5.74) is 1.36. The van der Waals surface area contributed by atoms with E-state index in [-0.39, 0.29) is 28.5 Å². The SMILES string of the molecule is COc1cc2[nH]c(=O)c(C(=O)Nc3cc(C(=O)CCc4cccc(Cl)c4)ccc3Cl)cc2cn1. The maximum Gasteiger partial charge on any atom is 0.261 e. The Morgan fingerprint density at radius 2 is 1.91 bits per heavy atom. The van der Waals surface area contributed by atoms with Crippen molar-refractivity contribution in [1.82, 2.24) is 9.97 Å². The number of Topliss-reactive ketones (excluding diaryl/α,β-unsaturated/α-hetero) is 1. The normalized spacial score (nSPS) is 10.8. The van der Waals surface area contributed by atoms with Gasteiger partial charge in [-0.1, -0.05) is 35.3 Å². The number of halogens is 2. The van der Waals surface area contributed by atoms with Crippen molar-refractivity contribution in [3.63, 3.8) is 0 Å². The molecule has 0 bridgehead atoms. The zero-order valence-electron chi connectivity index (χ0n) is 18.0. The Bertz CT molecular complexity index is 1470. The van der Waals surface area contributed by atoms with Crippen LogP contribution in [0.15, 0.2) is 65.6 Å². The summed E-state index contributed by atoms with van der Waals surface area (Å²) in [5, 5.41) is 4.03. The standard InChI is InChI=1S/C25H19Cl2N3O4/c1-34-23-12-20-16(13-28-23)10-18(24(32)29-20)25(33)30-21-11-15(6-7-19(21)27)22(31)8-5-14-3-2-4-17(26)9-14/h2-4,6-7,9-13H,5,8H2,1H3,(H,29,32)(H,30,33). The summed E-state index contributed by atoms with van der Waals surface area (Å²) in [6.45, 7) is 0. The molecule has 2 aromatic heterocycles. The first kappa shape index (κ1) is 23.5. The van der Waals surface area contributed by atoms with Gasteiger partial charge in [-0.3, -0.25) is 14.4 Å². The molecular weight excluding hydrogens is 477 g/mol. The Labute approximate surface area is 204 Å². The third-order valence-electron chi connectivity index (χ3n) is 5.22. The topological polar surface area (TPSA) is 101 Å². The summed E-state index contributed by atoms with van der Waals surface area (Å²) >= 11 is 12.2. The van der Waals surface area contributed by atoms with Crippen LogP contribution in [0.1, 0.15) is 32.7 Å². The number of pyridine rings is 2. The van der Waals surface area contributed by atoms with E-state index >= 15 is 0 Å². The van der Waals surface area contributed by atoms with E-state index in [2.05, 4.69) is 15.3 Å². The third kappa shape index (κ3) is 5.27. The fourth-order valence-electron chi connectivity index (χ4n) is 3.44. The highest BCUT2D eigenvalue weighted by molar-refractivity contribution is 6.34. The number of hydrogen-bond acceptors (Lipinski definition) is 5. The number of methoxy groups -OCH3 is 1. The summed E-state index contributed by atoms with van der Waals surface area (Å²) < 4.78 is 5.05. The molecule has 0 aliphatic rings. The number of anilines is 1.